The van der Waals surface area contributed by atoms with E-state index in [2.05, 4.69) is 19.8 Å². The minimum atomic E-state index is -0.402. The fraction of sp³-hybridized carbons (Fsp3) is 0.182. The van der Waals surface area contributed by atoms with Crippen LogP contribution in [0.2, 0.25) is 0 Å². The third kappa shape index (κ3) is 1.85. The summed E-state index contributed by atoms with van der Waals surface area (Å²) in [7, 11) is 1.34. The van der Waals surface area contributed by atoms with Gasteiger partial charge in [-0.05, 0) is 30.6 Å². The van der Waals surface area contributed by atoms with Gasteiger partial charge in [0.2, 0.25) is 0 Å². The number of rotatable bonds is 2. The number of pyridine rings is 1. The molecule has 0 aliphatic carbocycles. The molecule has 3 aromatic heterocycles. The van der Waals surface area contributed by atoms with E-state index in [4.69, 9.17) is 4.74 Å². The first-order chi connectivity index (χ1) is 9.20. The summed E-state index contributed by atoms with van der Waals surface area (Å²) in [6, 6.07) is 3.37. The highest BCUT2D eigenvalue weighted by atomic mass is 32.1. The van der Waals surface area contributed by atoms with Gasteiger partial charge in [0.25, 0.3) is 0 Å². The minimum absolute atomic E-state index is 0.402. The molecule has 0 bridgehead atoms. The Hall–Kier alpha value is -2.35. The Morgan fingerprint density at radius 1 is 1.32 bits per heavy atom. The van der Waals surface area contributed by atoms with Crippen LogP contribution in [0.25, 0.3) is 16.3 Å². The summed E-state index contributed by atoms with van der Waals surface area (Å²) in [5.41, 5.74) is 1.87. The van der Waals surface area contributed by atoms with E-state index in [1.807, 2.05) is 6.92 Å². The van der Waals surface area contributed by atoms with Crippen LogP contribution in [-0.2, 0) is 4.74 Å². The third-order valence-corrected chi connectivity index (χ3v) is 3.50. The van der Waals surface area contributed by atoms with Gasteiger partial charge in [-0.1, -0.05) is 4.49 Å². The van der Waals surface area contributed by atoms with Crippen LogP contribution in [0.1, 0.15) is 16.1 Å². The molecular weight excluding hydrogens is 266 g/mol. The first-order valence-corrected chi connectivity index (χ1v) is 6.20. The van der Waals surface area contributed by atoms with Crippen molar-refractivity contribution in [2.45, 2.75) is 6.92 Å². The molecule has 96 valence electrons. The van der Waals surface area contributed by atoms with Crippen molar-refractivity contribution in [1.29, 1.82) is 0 Å². The molecule has 7 nitrogen and oxygen atoms in total. The number of methoxy groups -OCH3 is 1. The lowest BCUT2D eigenvalue weighted by Crippen LogP contribution is -2.03. The van der Waals surface area contributed by atoms with Crippen LogP contribution < -0.4 is 0 Å². The van der Waals surface area contributed by atoms with E-state index in [1.165, 1.54) is 18.6 Å². The lowest BCUT2D eigenvalue weighted by Gasteiger charge is -2.01. The Morgan fingerprint density at radius 2 is 2.16 bits per heavy atom. The van der Waals surface area contributed by atoms with Crippen molar-refractivity contribution >= 4 is 23.1 Å². The van der Waals surface area contributed by atoms with Crippen LogP contribution in [-0.4, -0.2) is 37.3 Å². The van der Waals surface area contributed by atoms with E-state index in [0.29, 0.717) is 17.0 Å². The Morgan fingerprint density at radius 3 is 2.84 bits per heavy atom. The molecule has 3 rings (SSSR count). The second kappa shape index (κ2) is 4.39. The molecule has 0 atom stereocenters. The van der Waals surface area contributed by atoms with Crippen LogP contribution in [0, 0.1) is 6.92 Å². The van der Waals surface area contributed by atoms with Gasteiger partial charge >= 0.3 is 5.97 Å². The van der Waals surface area contributed by atoms with Crippen molar-refractivity contribution < 1.29 is 9.53 Å². The summed E-state index contributed by atoms with van der Waals surface area (Å²) in [6.45, 7) is 1.85. The van der Waals surface area contributed by atoms with E-state index in [9.17, 15) is 4.79 Å². The van der Waals surface area contributed by atoms with Crippen molar-refractivity contribution in [2.75, 3.05) is 7.11 Å². The monoisotopic (exact) mass is 275 g/mol. The van der Waals surface area contributed by atoms with E-state index >= 15 is 0 Å². The molecule has 0 aromatic carbocycles. The highest BCUT2D eigenvalue weighted by Gasteiger charge is 2.15. The van der Waals surface area contributed by atoms with Crippen molar-refractivity contribution in [3.63, 3.8) is 0 Å². The average Bonchev–Trinajstić information content (AvgIpc) is 3.02. The number of ether oxygens (including phenoxy) is 1. The first-order valence-electron chi connectivity index (χ1n) is 5.43. The van der Waals surface area contributed by atoms with Crippen molar-refractivity contribution in [2.24, 2.45) is 0 Å². The zero-order valence-corrected chi connectivity index (χ0v) is 11.0. The van der Waals surface area contributed by atoms with E-state index in [1.54, 1.807) is 22.7 Å². The van der Waals surface area contributed by atoms with Gasteiger partial charge in [0, 0.05) is 6.20 Å². The predicted molar refractivity (Wildman–Crippen MR) is 68.0 cm³/mol. The molecule has 0 aliphatic heterocycles. The molecule has 3 aromatic rings. The van der Waals surface area contributed by atoms with Crippen molar-refractivity contribution in [1.82, 2.24) is 24.2 Å². The molecule has 0 radical (unpaired) electrons. The van der Waals surface area contributed by atoms with Crippen LogP contribution >= 0.6 is 11.5 Å². The van der Waals surface area contributed by atoms with Crippen LogP contribution in [0.3, 0.4) is 0 Å². The quantitative estimate of drug-likeness (QED) is 0.656. The number of nitrogens with zero attached hydrogens (tertiary/aromatic N) is 5. The van der Waals surface area contributed by atoms with Gasteiger partial charge in [-0.2, -0.15) is 0 Å². The lowest BCUT2D eigenvalue weighted by atomic mass is 10.3. The standard InChI is InChI=1S/C11H9N5O2S/c1-6-9(19-15-12-6)10-14-13-8-4-3-7(5-16(8)10)11(17)18-2/h3-5H,1-2H3. The zero-order valence-electron chi connectivity index (χ0n) is 10.2. The summed E-state index contributed by atoms with van der Waals surface area (Å²) in [6.07, 6.45) is 1.65. The Bertz CT molecular complexity index is 763. The molecular formula is C11H9N5O2S. The molecule has 19 heavy (non-hydrogen) atoms. The summed E-state index contributed by atoms with van der Waals surface area (Å²) in [5.74, 6) is 0.217. The third-order valence-electron chi connectivity index (χ3n) is 2.68. The van der Waals surface area contributed by atoms with E-state index < -0.39 is 5.97 Å². The van der Waals surface area contributed by atoms with Gasteiger partial charge in [0.1, 0.15) is 4.88 Å². The highest BCUT2D eigenvalue weighted by molar-refractivity contribution is 7.09. The zero-order chi connectivity index (χ0) is 13.4. The van der Waals surface area contributed by atoms with Gasteiger partial charge in [-0.15, -0.1) is 15.3 Å². The fourth-order valence-corrected chi connectivity index (χ4v) is 2.36. The summed E-state index contributed by atoms with van der Waals surface area (Å²) >= 11 is 1.24. The lowest BCUT2D eigenvalue weighted by molar-refractivity contribution is 0.0600. The van der Waals surface area contributed by atoms with Gasteiger partial charge in [-0.25, -0.2) is 4.79 Å². The second-order valence-corrected chi connectivity index (χ2v) is 4.60. The number of hydrogen-bond acceptors (Lipinski definition) is 7. The first kappa shape index (κ1) is 11.7. The molecule has 0 amide bonds. The van der Waals surface area contributed by atoms with Gasteiger partial charge in [0.05, 0.1) is 18.4 Å². The molecule has 0 unspecified atom stereocenters. The number of fused-ring (bicyclic) bond motifs is 1. The van der Waals surface area contributed by atoms with Gasteiger partial charge in [0.15, 0.2) is 11.5 Å². The SMILES string of the molecule is COC(=O)c1ccc2nnc(-c3snnc3C)n2c1. The smallest absolute Gasteiger partial charge is 0.339 e. The minimum Gasteiger partial charge on any atom is -0.465 e. The van der Waals surface area contributed by atoms with Crippen LogP contribution in [0.5, 0.6) is 0 Å². The molecule has 0 spiro atoms. The molecule has 0 aliphatic rings. The summed E-state index contributed by atoms with van der Waals surface area (Å²) < 4.78 is 10.3. The number of esters is 1. The normalized spacial score (nSPS) is 10.8. The largest absolute Gasteiger partial charge is 0.465 e. The summed E-state index contributed by atoms with van der Waals surface area (Å²) in [4.78, 5) is 12.4. The Kier molecular flexibility index (Phi) is 2.71. The Balaban J connectivity index is 2.21. The molecule has 0 fully saturated rings. The Labute approximate surface area is 112 Å². The van der Waals surface area contributed by atoms with Gasteiger partial charge in [-0.3, -0.25) is 4.40 Å². The molecule has 0 N–H and O–H groups in total. The maximum atomic E-state index is 11.5. The number of aromatic nitrogens is 5. The van der Waals surface area contributed by atoms with Gasteiger partial charge < -0.3 is 4.74 Å². The molecule has 0 saturated carbocycles. The topological polar surface area (TPSA) is 82.3 Å². The number of hydrogen-bond donors (Lipinski definition) is 0. The molecule has 8 heteroatoms. The van der Waals surface area contributed by atoms with E-state index in [0.717, 1.165) is 10.6 Å². The maximum absolute atomic E-state index is 11.5. The highest BCUT2D eigenvalue weighted by Crippen LogP contribution is 2.24. The predicted octanol–water partition coefficient (Wildman–Crippen LogP) is 1.34. The van der Waals surface area contributed by atoms with Crippen molar-refractivity contribution in [3.05, 3.63) is 29.6 Å². The van der Waals surface area contributed by atoms with Crippen LogP contribution in [0.15, 0.2) is 18.3 Å². The maximum Gasteiger partial charge on any atom is 0.339 e. The number of aryl methyl sites for hydroxylation is 1. The van der Waals surface area contributed by atoms with E-state index in [-0.39, 0.29) is 0 Å². The second-order valence-electron chi connectivity index (χ2n) is 3.85. The number of carbonyl (C=O) groups excluding carboxylic acids is 1. The summed E-state index contributed by atoms with van der Waals surface area (Å²) in [5, 5.41) is 12.1. The fourth-order valence-electron chi connectivity index (χ4n) is 1.72. The average molecular weight is 275 g/mol. The molecule has 3 heterocycles. The molecule has 0 saturated heterocycles. The number of carbonyl (C=O) groups is 1. The van der Waals surface area contributed by atoms with Crippen LogP contribution in [0.4, 0.5) is 0 Å². The van der Waals surface area contributed by atoms with Crippen molar-refractivity contribution in [3.8, 4) is 10.7 Å².